The lowest BCUT2D eigenvalue weighted by Crippen LogP contribution is -2.41. The maximum absolute atomic E-state index is 11.9. The van der Waals surface area contributed by atoms with Gasteiger partial charge in [0.2, 0.25) is 0 Å². The summed E-state index contributed by atoms with van der Waals surface area (Å²) in [4.78, 5) is 16.1. The number of carbonyl (C=O) groups is 1. The van der Waals surface area contributed by atoms with Gasteiger partial charge >= 0.3 is 6.03 Å². The molecule has 0 unspecified atom stereocenters. The van der Waals surface area contributed by atoms with Crippen molar-refractivity contribution in [1.82, 2.24) is 14.6 Å². The van der Waals surface area contributed by atoms with E-state index in [2.05, 4.69) is 23.1 Å². The second-order valence-corrected chi connectivity index (χ2v) is 5.05. The molecular weight excluding hydrogens is 246 g/mol. The molecule has 4 nitrogen and oxygen atoms in total. The molecule has 2 rings (SSSR count). The Bertz CT molecular complexity index is 379. The average molecular weight is 265 g/mol. The maximum atomic E-state index is 11.9. The van der Waals surface area contributed by atoms with E-state index < -0.39 is 0 Å². The quantitative estimate of drug-likeness (QED) is 0.825. The van der Waals surface area contributed by atoms with Gasteiger partial charge in [-0.2, -0.15) is 0 Å². The van der Waals surface area contributed by atoms with Crippen LogP contribution < -0.4 is 5.32 Å². The highest BCUT2D eigenvalue weighted by Crippen LogP contribution is 2.23. The highest BCUT2D eigenvalue weighted by atomic mass is 32.1. The lowest BCUT2D eigenvalue weighted by molar-refractivity contribution is 0.205. The molecule has 0 spiro atoms. The van der Waals surface area contributed by atoms with Crippen molar-refractivity contribution >= 4 is 18.8 Å². The molecular formula is C13H19N3OS. The molecule has 18 heavy (non-hydrogen) atoms. The Morgan fingerprint density at radius 1 is 1.39 bits per heavy atom. The van der Waals surface area contributed by atoms with Gasteiger partial charge in [0, 0.05) is 12.2 Å². The third kappa shape index (κ3) is 3.63. The van der Waals surface area contributed by atoms with Crippen molar-refractivity contribution in [3.8, 4) is 0 Å². The molecule has 0 bridgehead atoms. The number of pyridine rings is 1. The van der Waals surface area contributed by atoms with Crippen molar-refractivity contribution in [3.63, 3.8) is 0 Å². The third-order valence-electron chi connectivity index (χ3n) is 3.28. The van der Waals surface area contributed by atoms with E-state index in [-0.39, 0.29) is 12.1 Å². The number of thiol groups is 1. The van der Waals surface area contributed by atoms with Gasteiger partial charge in [-0.15, -0.1) is 0 Å². The molecule has 1 heterocycles. The van der Waals surface area contributed by atoms with Gasteiger partial charge in [-0.1, -0.05) is 38.1 Å². The first-order chi connectivity index (χ1) is 8.77. The molecule has 0 aromatic carbocycles. The number of hydrogen-bond acceptors (Lipinski definition) is 3. The molecule has 0 saturated heterocycles. The van der Waals surface area contributed by atoms with Crippen LogP contribution in [0.4, 0.5) is 4.79 Å². The molecule has 5 heteroatoms. The third-order valence-corrected chi connectivity index (χ3v) is 3.78. The van der Waals surface area contributed by atoms with Crippen LogP contribution in [0.5, 0.6) is 0 Å². The zero-order valence-corrected chi connectivity index (χ0v) is 11.3. The van der Waals surface area contributed by atoms with Crippen LogP contribution in [0.25, 0.3) is 0 Å². The predicted octanol–water partition coefficient (Wildman–Crippen LogP) is 2.77. The highest BCUT2D eigenvalue weighted by molar-refractivity contribution is 7.78. The van der Waals surface area contributed by atoms with E-state index in [9.17, 15) is 4.79 Å². The average Bonchev–Trinajstić information content (AvgIpc) is 2.46. The van der Waals surface area contributed by atoms with Crippen LogP contribution in [-0.4, -0.2) is 21.4 Å². The first-order valence-electron chi connectivity index (χ1n) is 6.43. The molecule has 0 atom stereocenters. The van der Waals surface area contributed by atoms with E-state index in [4.69, 9.17) is 0 Å². The Kier molecular flexibility index (Phi) is 4.87. The lowest BCUT2D eigenvalue weighted by atomic mass is 9.96. The molecule has 2 amide bonds. The molecule has 1 saturated carbocycles. The molecule has 0 radical (unpaired) electrons. The van der Waals surface area contributed by atoms with E-state index in [0.29, 0.717) is 6.54 Å². The van der Waals surface area contributed by atoms with E-state index in [1.807, 2.05) is 18.2 Å². The monoisotopic (exact) mass is 265 g/mol. The van der Waals surface area contributed by atoms with Crippen LogP contribution in [-0.2, 0) is 6.54 Å². The summed E-state index contributed by atoms with van der Waals surface area (Å²) in [5, 5.41) is 2.84. The van der Waals surface area contributed by atoms with E-state index in [0.717, 1.165) is 18.5 Å². The molecule has 1 aromatic rings. The van der Waals surface area contributed by atoms with Crippen molar-refractivity contribution in [2.24, 2.45) is 0 Å². The SMILES string of the molecule is O=C(NCc1ccccn1)N(S)C1CCCCC1. The van der Waals surface area contributed by atoms with Gasteiger partial charge in [0.15, 0.2) is 0 Å². The van der Waals surface area contributed by atoms with Gasteiger partial charge in [0.25, 0.3) is 0 Å². The summed E-state index contributed by atoms with van der Waals surface area (Å²) in [5.41, 5.74) is 0.858. The van der Waals surface area contributed by atoms with Crippen molar-refractivity contribution in [3.05, 3.63) is 30.1 Å². The van der Waals surface area contributed by atoms with E-state index in [1.54, 1.807) is 10.5 Å². The Balaban J connectivity index is 1.80. The minimum absolute atomic E-state index is 0.129. The minimum Gasteiger partial charge on any atom is -0.332 e. The van der Waals surface area contributed by atoms with Crippen LogP contribution in [0, 0.1) is 0 Å². The summed E-state index contributed by atoms with van der Waals surface area (Å²) >= 11 is 4.32. The van der Waals surface area contributed by atoms with E-state index >= 15 is 0 Å². The largest absolute Gasteiger partial charge is 0.332 e. The summed E-state index contributed by atoms with van der Waals surface area (Å²) in [5.74, 6) is 0. The normalized spacial score (nSPS) is 16.3. The Labute approximate surface area is 113 Å². The van der Waals surface area contributed by atoms with Crippen molar-refractivity contribution in [2.45, 2.75) is 44.7 Å². The molecule has 0 aliphatic heterocycles. The summed E-state index contributed by atoms with van der Waals surface area (Å²) in [6.45, 7) is 0.448. The standard InChI is InChI=1S/C13H19N3OS/c17-13(15-10-11-6-4-5-9-14-11)16(18)12-7-2-1-3-8-12/h4-6,9,12,18H,1-3,7-8,10H2,(H,15,17). The van der Waals surface area contributed by atoms with Gasteiger partial charge in [-0.05, 0) is 25.0 Å². The van der Waals surface area contributed by atoms with Crippen LogP contribution in [0.2, 0.25) is 0 Å². The summed E-state index contributed by atoms with van der Waals surface area (Å²) < 4.78 is 1.54. The maximum Gasteiger partial charge on any atom is 0.327 e. The van der Waals surface area contributed by atoms with Crippen molar-refractivity contribution in [1.29, 1.82) is 0 Å². The fraction of sp³-hybridized carbons (Fsp3) is 0.538. The van der Waals surface area contributed by atoms with Crippen molar-refractivity contribution in [2.75, 3.05) is 0 Å². The lowest BCUT2D eigenvalue weighted by Gasteiger charge is -2.29. The molecule has 98 valence electrons. The zero-order chi connectivity index (χ0) is 12.8. The second kappa shape index (κ2) is 6.64. The number of aromatic nitrogens is 1. The van der Waals surface area contributed by atoms with Crippen LogP contribution in [0.3, 0.4) is 0 Å². The van der Waals surface area contributed by atoms with Gasteiger partial charge in [0.05, 0.1) is 12.2 Å². The Morgan fingerprint density at radius 3 is 2.83 bits per heavy atom. The number of rotatable bonds is 3. The summed E-state index contributed by atoms with van der Waals surface area (Å²) in [6, 6.07) is 5.80. The smallest absolute Gasteiger partial charge is 0.327 e. The van der Waals surface area contributed by atoms with E-state index in [1.165, 1.54) is 19.3 Å². The topological polar surface area (TPSA) is 45.2 Å². The minimum atomic E-state index is -0.129. The van der Waals surface area contributed by atoms with Gasteiger partial charge in [0.1, 0.15) is 0 Å². The van der Waals surface area contributed by atoms with Gasteiger partial charge < -0.3 is 5.32 Å². The fourth-order valence-electron chi connectivity index (χ4n) is 2.24. The number of carbonyl (C=O) groups excluding carboxylic acids is 1. The number of hydrogen-bond donors (Lipinski definition) is 2. The molecule has 1 aliphatic rings. The number of nitrogens with zero attached hydrogens (tertiary/aromatic N) is 2. The second-order valence-electron chi connectivity index (χ2n) is 4.62. The predicted molar refractivity (Wildman–Crippen MR) is 74.2 cm³/mol. The zero-order valence-electron chi connectivity index (χ0n) is 10.4. The molecule has 1 N–H and O–H groups in total. The van der Waals surface area contributed by atoms with Crippen LogP contribution in [0.1, 0.15) is 37.8 Å². The summed E-state index contributed by atoms with van der Waals surface area (Å²) in [6.07, 6.45) is 7.49. The number of urea groups is 1. The van der Waals surface area contributed by atoms with Crippen molar-refractivity contribution < 1.29 is 4.79 Å². The van der Waals surface area contributed by atoms with Crippen LogP contribution in [0.15, 0.2) is 24.4 Å². The molecule has 1 aliphatic carbocycles. The number of amides is 2. The van der Waals surface area contributed by atoms with Gasteiger partial charge in [-0.3, -0.25) is 9.29 Å². The highest BCUT2D eigenvalue weighted by Gasteiger charge is 2.22. The molecule has 1 fully saturated rings. The number of nitrogens with one attached hydrogen (secondary N) is 1. The fourth-order valence-corrected chi connectivity index (χ4v) is 2.54. The Morgan fingerprint density at radius 2 is 2.17 bits per heavy atom. The summed E-state index contributed by atoms with van der Waals surface area (Å²) in [7, 11) is 0. The Hall–Kier alpha value is -1.23. The molecule has 1 aromatic heterocycles. The first kappa shape index (κ1) is 13.2. The van der Waals surface area contributed by atoms with Crippen LogP contribution >= 0.6 is 12.8 Å². The van der Waals surface area contributed by atoms with Gasteiger partial charge in [-0.25, -0.2) is 4.79 Å². The first-order valence-corrected chi connectivity index (χ1v) is 6.83.